The third kappa shape index (κ3) is 4.84. The van der Waals surface area contributed by atoms with Gasteiger partial charge in [0.15, 0.2) is 0 Å². The van der Waals surface area contributed by atoms with E-state index in [-0.39, 0.29) is 23.9 Å². The highest BCUT2D eigenvalue weighted by molar-refractivity contribution is 5.91. The summed E-state index contributed by atoms with van der Waals surface area (Å²) in [6, 6.07) is 16.5. The van der Waals surface area contributed by atoms with E-state index in [1.54, 1.807) is 6.20 Å². The molecule has 1 aromatic heterocycles. The highest BCUT2D eigenvalue weighted by Crippen LogP contribution is 2.48. The molecule has 0 saturated heterocycles. The van der Waals surface area contributed by atoms with Crippen LogP contribution in [0.2, 0.25) is 0 Å². The molecule has 0 radical (unpaired) electrons. The van der Waals surface area contributed by atoms with Crippen molar-refractivity contribution in [2.75, 3.05) is 7.11 Å². The fourth-order valence-corrected chi connectivity index (χ4v) is 5.35. The standard InChI is InChI=1S/C30H32N2O3/c1-4-21-18-27(21)29-28(30(33)34-3)19-31-32(29)25-14-8-12-23(16-25)24-13-9-15-26(17-24)35-20(2)22-10-6-5-7-11-22/h1,8-9,12-17,19-22,27H,5-7,10-11,18H2,2-3H3/t20-,21+,27+/m0/s1. The first kappa shape index (κ1) is 23.2. The molecule has 0 unspecified atom stereocenters. The number of aromatic nitrogens is 2. The Labute approximate surface area is 207 Å². The summed E-state index contributed by atoms with van der Waals surface area (Å²) in [6.07, 6.45) is 14.8. The summed E-state index contributed by atoms with van der Waals surface area (Å²) >= 11 is 0. The van der Waals surface area contributed by atoms with E-state index in [4.69, 9.17) is 15.9 Å². The van der Waals surface area contributed by atoms with E-state index < -0.39 is 0 Å². The van der Waals surface area contributed by atoms with Gasteiger partial charge in [0.25, 0.3) is 0 Å². The molecule has 2 saturated carbocycles. The number of hydrogen-bond donors (Lipinski definition) is 0. The molecule has 0 spiro atoms. The summed E-state index contributed by atoms with van der Waals surface area (Å²) in [5, 5.41) is 4.55. The van der Waals surface area contributed by atoms with Gasteiger partial charge in [-0.05, 0) is 67.5 Å². The van der Waals surface area contributed by atoms with E-state index in [2.05, 4.69) is 42.2 Å². The summed E-state index contributed by atoms with van der Waals surface area (Å²) in [5.41, 5.74) is 4.33. The van der Waals surface area contributed by atoms with Crippen LogP contribution in [0.25, 0.3) is 16.8 Å². The highest BCUT2D eigenvalue weighted by Gasteiger charge is 2.42. The second kappa shape index (κ2) is 10.00. The highest BCUT2D eigenvalue weighted by atomic mass is 16.5. The summed E-state index contributed by atoms with van der Waals surface area (Å²) in [6.45, 7) is 2.20. The average molecular weight is 469 g/mol. The number of carbonyl (C=O) groups excluding carboxylic acids is 1. The predicted octanol–water partition coefficient (Wildman–Crippen LogP) is 6.41. The zero-order chi connectivity index (χ0) is 24.4. The average Bonchev–Trinajstić information content (AvgIpc) is 3.56. The number of rotatable bonds is 7. The van der Waals surface area contributed by atoms with E-state index >= 15 is 0 Å². The Morgan fingerprint density at radius 2 is 1.86 bits per heavy atom. The summed E-state index contributed by atoms with van der Waals surface area (Å²) in [7, 11) is 1.39. The second-order valence-electron chi connectivity index (χ2n) is 9.76. The molecule has 3 aromatic rings. The summed E-state index contributed by atoms with van der Waals surface area (Å²) < 4.78 is 13.2. The van der Waals surface area contributed by atoms with Crippen molar-refractivity contribution in [1.82, 2.24) is 9.78 Å². The Hall–Kier alpha value is -3.52. The number of nitrogens with zero attached hydrogens (tertiary/aromatic N) is 2. The van der Waals surface area contributed by atoms with Crippen LogP contribution in [-0.2, 0) is 4.74 Å². The number of terminal acetylenes is 1. The number of hydrogen-bond acceptors (Lipinski definition) is 4. The van der Waals surface area contributed by atoms with Gasteiger partial charge in [0.05, 0.1) is 30.8 Å². The Kier molecular flexibility index (Phi) is 6.63. The molecule has 2 aromatic carbocycles. The van der Waals surface area contributed by atoms with Crippen LogP contribution in [0.15, 0.2) is 54.7 Å². The van der Waals surface area contributed by atoms with Gasteiger partial charge >= 0.3 is 5.97 Å². The van der Waals surface area contributed by atoms with Gasteiger partial charge in [0.2, 0.25) is 0 Å². The molecule has 1 heterocycles. The number of esters is 1. The molecule has 35 heavy (non-hydrogen) atoms. The van der Waals surface area contributed by atoms with Crippen molar-refractivity contribution in [2.45, 2.75) is 57.5 Å². The lowest BCUT2D eigenvalue weighted by atomic mass is 9.86. The largest absolute Gasteiger partial charge is 0.490 e. The molecule has 0 N–H and O–H groups in total. The molecule has 2 fully saturated rings. The Morgan fingerprint density at radius 1 is 1.11 bits per heavy atom. The van der Waals surface area contributed by atoms with Crippen LogP contribution in [0.4, 0.5) is 0 Å². The normalized spacial score (nSPS) is 20.6. The Balaban J connectivity index is 1.42. The van der Waals surface area contributed by atoms with Gasteiger partial charge in [-0.15, -0.1) is 12.3 Å². The first-order chi connectivity index (χ1) is 17.1. The van der Waals surface area contributed by atoms with Crippen molar-refractivity contribution in [1.29, 1.82) is 0 Å². The van der Waals surface area contributed by atoms with Gasteiger partial charge in [-0.25, -0.2) is 9.48 Å². The third-order valence-corrected chi connectivity index (χ3v) is 7.46. The van der Waals surface area contributed by atoms with Crippen molar-refractivity contribution < 1.29 is 14.3 Å². The molecule has 2 aliphatic carbocycles. The predicted molar refractivity (Wildman–Crippen MR) is 137 cm³/mol. The van der Waals surface area contributed by atoms with E-state index in [9.17, 15) is 4.79 Å². The fourth-order valence-electron chi connectivity index (χ4n) is 5.35. The van der Waals surface area contributed by atoms with Gasteiger partial charge in [0.1, 0.15) is 11.3 Å². The van der Waals surface area contributed by atoms with Gasteiger partial charge in [-0.2, -0.15) is 5.10 Å². The molecule has 0 amide bonds. The van der Waals surface area contributed by atoms with Crippen LogP contribution in [0.1, 0.15) is 67.4 Å². The smallest absolute Gasteiger partial charge is 0.341 e. The maximum Gasteiger partial charge on any atom is 0.341 e. The zero-order valence-corrected chi connectivity index (χ0v) is 20.4. The first-order valence-corrected chi connectivity index (χ1v) is 12.6. The van der Waals surface area contributed by atoms with Crippen LogP contribution < -0.4 is 4.74 Å². The van der Waals surface area contributed by atoms with Gasteiger partial charge in [-0.3, -0.25) is 0 Å². The molecule has 5 rings (SSSR count). The van der Waals surface area contributed by atoms with Crippen molar-refractivity contribution in [3.05, 3.63) is 66.0 Å². The number of methoxy groups -OCH3 is 1. The summed E-state index contributed by atoms with van der Waals surface area (Å²) in [5.74, 6) is 4.19. The quantitative estimate of drug-likeness (QED) is 0.297. The zero-order valence-electron chi connectivity index (χ0n) is 20.4. The number of benzene rings is 2. The van der Waals surface area contributed by atoms with Crippen molar-refractivity contribution in [2.24, 2.45) is 11.8 Å². The van der Waals surface area contributed by atoms with Crippen molar-refractivity contribution in [3.8, 4) is 34.9 Å². The van der Waals surface area contributed by atoms with Gasteiger partial charge in [-0.1, -0.05) is 43.5 Å². The van der Waals surface area contributed by atoms with Gasteiger partial charge in [0, 0.05) is 11.8 Å². The molecule has 0 aliphatic heterocycles. The van der Waals surface area contributed by atoms with Crippen molar-refractivity contribution >= 4 is 5.97 Å². The maximum absolute atomic E-state index is 12.4. The Bertz CT molecular complexity index is 1250. The molecule has 180 valence electrons. The van der Waals surface area contributed by atoms with Gasteiger partial charge < -0.3 is 9.47 Å². The molecule has 5 nitrogen and oxygen atoms in total. The lowest BCUT2D eigenvalue weighted by molar-refractivity contribution is 0.0599. The van der Waals surface area contributed by atoms with E-state index in [1.807, 2.05) is 28.9 Å². The minimum absolute atomic E-state index is 0.109. The van der Waals surface area contributed by atoms with Crippen LogP contribution in [0.3, 0.4) is 0 Å². The second-order valence-corrected chi connectivity index (χ2v) is 9.76. The molecule has 5 heteroatoms. The van der Waals surface area contributed by atoms with Crippen LogP contribution >= 0.6 is 0 Å². The van der Waals surface area contributed by atoms with Crippen LogP contribution in [-0.4, -0.2) is 29.0 Å². The molecular weight excluding hydrogens is 436 g/mol. The van der Waals surface area contributed by atoms with E-state index in [0.29, 0.717) is 11.5 Å². The minimum atomic E-state index is -0.387. The Morgan fingerprint density at radius 3 is 2.57 bits per heavy atom. The van der Waals surface area contributed by atoms with E-state index in [0.717, 1.165) is 34.7 Å². The summed E-state index contributed by atoms with van der Waals surface area (Å²) in [4.78, 5) is 12.4. The lowest BCUT2D eigenvalue weighted by Gasteiger charge is -2.28. The third-order valence-electron chi connectivity index (χ3n) is 7.46. The van der Waals surface area contributed by atoms with Crippen molar-refractivity contribution in [3.63, 3.8) is 0 Å². The number of ether oxygens (including phenoxy) is 2. The number of carbonyl (C=O) groups is 1. The lowest BCUT2D eigenvalue weighted by Crippen LogP contribution is -2.25. The van der Waals surface area contributed by atoms with Crippen LogP contribution in [0.5, 0.6) is 5.75 Å². The topological polar surface area (TPSA) is 53.3 Å². The van der Waals surface area contributed by atoms with E-state index in [1.165, 1.54) is 39.2 Å². The molecule has 0 bridgehead atoms. The first-order valence-electron chi connectivity index (χ1n) is 12.6. The molecular formula is C30H32N2O3. The molecule has 3 atom stereocenters. The minimum Gasteiger partial charge on any atom is -0.490 e. The SMILES string of the molecule is C#C[C@@H]1C[C@H]1c1c(C(=O)OC)cnn1-c1cccc(-c2cccc(O[C@@H](C)C3CCCCC3)c2)c1. The van der Waals surface area contributed by atoms with Crippen LogP contribution in [0, 0.1) is 24.2 Å². The monoisotopic (exact) mass is 468 g/mol. The maximum atomic E-state index is 12.4. The molecule has 2 aliphatic rings. The fraction of sp³-hybridized carbons (Fsp3) is 0.400.